The minimum atomic E-state index is -0.823. The Balaban J connectivity index is 2.55. The van der Waals surface area contributed by atoms with E-state index in [0.29, 0.717) is 13.0 Å². The molecule has 0 aromatic carbocycles. The van der Waals surface area contributed by atoms with E-state index < -0.39 is 5.60 Å². The predicted octanol–water partition coefficient (Wildman–Crippen LogP) is 0.557. The molecule has 0 aromatic heterocycles. The summed E-state index contributed by atoms with van der Waals surface area (Å²) in [5, 5.41) is 0. The van der Waals surface area contributed by atoms with Gasteiger partial charge in [-0.25, -0.2) is 4.79 Å². The number of carbonyl (C=O) groups is 1. The lowest BCUT2D eigenvalue weighted by Crippen LogP contribution is -2.53. The molecule has 0 N–H and O–H groups in total. The average Bonchev–Trinajstić information content (AvgIpc) is 1.86. The van der Waals surface area contributed by atoms with Crippen LogP contribution in [0.15, 0.2) is 0 Å². The Bertz CT molecular complexity index is 136. The minimum absolute atomic E-state index is 0.180. The number of rotatable bonds is 2. The number of methoxy groups -OCH3 is 1. The van der Waals surface area contributed by atoms with Crippen molar-refractivity contribution in [3.63, 3.8) is 0 Å². The van der Waals surface area contributed by atoms with Gasteiger partial charge in [0.05, 0.1) is 19.6 Å². The molecule has 1 saturated heterocycles. The van der Waals surface area contributed by atoms with E-state index in [2.05, 4.69) is 4.74 Å². The van der Waals surface area contributed by atoms with Gasteiger partial charge in [0.15, 0.2) is 5.60 Å². The first-order chi connectivity index (χ1) is 4.75. The zero-order valence-corrected chi connectivity index (χ0v) is 6.48. The van der Waals surface area contributed by atoms with Crippen molar-refractivity contribution < 1.29 is 14.3 Å². The van der Waals surface area contributed by atoms with Crippen LogP contribution >= 0.6 is 11.6 Å². The van der Waals surface area contributed by atoms with Crippen molar-refractivity contribution in [3.8, 4) is 0 Å². The number of halogens is 1. The first-order valence-corrected chi connectivity index (χ1v) is 3.57. The van der Waals surface area contributed by atoms with Crippen LogP contribution in [0.25, 0.3) is 0 Å². The predicted molar refractivity (Wildman–Crippen MR) is 36.0 cm³/mol. The molecule has 10 heavy (non-hydrogen) atoms. The maximum Gasteiger partial charge on any atom is 0.339 e. The molecule has 1 rings (SSSR count). The molecule has 1 unspecified atom stereocenters. The number of esters is 1. The monoisotopic (exact) mass is 164 g/mol. The summed E-state index contributed by atoms with van der Waals surface area (Å²) in [4.78, 5) is 10.9. The topological polar surface area (TPSA) is 35.5 Å². The third-order valence-corrected chi connectivity index (χ3v) is 2.09. The highest BCUT2D eigenvalue weighted by Gasteiger charge is 2.46. The summed E-state index contributed by atoms with van der Waals surface area (Å²) in [5.74, 6) is -0.187. The smallest absolute Gasteiger partial charge is 0.339 e. The van der Waals surface area contributed by atoms with Gasteiger partial charge >= 0.3 is 5.97 Å². The van der Waals surface area contributed by atoms with E-state index in [-0.39, 0.29) is 11.8 Å². The third kappa shape index (κ3) is 0.995. The van der Waals surface area contributed by atoms with Crippen LogP contribution in [0.2, 0.25) is 0 Å². The van der Waals surface area contributed by atoms with Crippen molar-refractivity contribution >= 4 is 17.6 Å². The number of ether oxygens (including phenoxy) is 2. The Hall–Kier alpha value is -0.280. The van der Waals surface area contributed by atoms with Gasteiger partial charge in [0.1, 0.15) is 0 Å². The van der Waals surface area contributed by atoms with Crippen LogP contribution < -0.4 is 0 Å². The van der Waals surface area contributed by atoms with Crippen LogP contribution in [0, 0.1) is 0 Å². The first-order valence-electron chi connectivity index (χ1n) is 3.03. The quantitative estimate of drug-likeness (QED) is 0.442. The van der Waals surface area contributed by atoms with Gasteiger partial charge in [0.2, 0.25) is 0 Å². The molecule has 0 aliphatic carbocycles. The Morgan fingerprint density at radius 3 is 2.60 bits per heavy atom. The summed E-state index contributed by atoms with van der Waals surface area (Å²) in [5.41, 5.74) is -0.823. The van der Waals surface area contributed by atoms with Crippen LogP contribution in [0.5, 0.6) is 0 Å². The van der Waals surface area contributed by atoms with Gasteiger partial charge in [0.25, 0.3) is 0 Å². The fourth-order valence-electron chi connectivity index (χ4n) is 0.855. The van der Waals surface area contributed by atoms with Gasteiger partial charge < -0.3 is 9.47 Å². The third-order valence-electron chi connectivity index (χ3n) is 1.66. The molecule has 0 saturated carbocycles. The zero-order chi connectivity index (χ0) is 7.61. The SMILES string of the molecule is COC(=O)C1(CCl)CCO1. The van der Waals surface area contributed by atoms with Gasteiger partial charge in [0, 0.05) is 6.42 Å². The summed E-state index contributed by atoms with van der Waals surface area (Å²) in [7, 11) is 1.33. The van der Waals surface area contributed by atoms with E-state index >= 15 is 0 Å². The molecule has 1 fully saturated rings. The largest absolute Gasteiger partial charge is 0.467 e. The van der Waals surface area contributed by atoms with Crippen LogP contribution in [0.1, 0.15) is 6.42 Å². The Kier molecular flexibility index (Phi) is 2.16. The Labute approximate surface area is 64.3 Å². The molecular formula is C6H9ClO3. The minimum Gasteiger partial charge on any atom is -0.467 e. The normalized spacial score (nSPS) is 31.0. The van der Waals surface area contributed by atoms with Crippen molar-refractivity contribution in [1.82, 2.24) is 0 Å². The van der Waals surface area contributed by atoms with E-state index in [4.69, 9.17) is 16.3 Å². The average molecular weight is 165 g/mol. The van der Waals surface area contributed by atoms with E-state index in [1.165, 1.54) is 7.11 Å². The van der Waals surface area contributed by atoms with Crippen LogP contribution in [-0.2, 0) is 14.3 Å². The lowest BCUT2D eigenvalue weighted by molar-refractivity contribution is -0.190. The number of hydrogen-bond acceptors (Lipinski definition) is 3. The number of carbonyl (C=O) groups excluding carboxylic acids is 1. The number of hydrogen-bond donors (Lipinski definition) is 0. The van der Waals surface area contributed by atoms with Gasteiger partial charge in [-0.2, -0.15) is 0 Å². The summed E-state index contributed by atoms with van der Waals surface area (Å²) in [6, 6.07) is 0. The lowest BCUT2D eigenvalue weighted by atomic mass is 9.98. The highest BCUT2D eigenvalue weighted by molar-refractivity contribution is 6.20. The summed E-state index contributed by atoms with van der Waals surface area (Å²) < 4.78 is 9.51. The van der Waals surface area contributed by atoms with E-state index in [9.17, 15) is 4.79 Å². The molecule has 3 nitrogen and oxygen atoms in total. The fourth-order valence-corrected chi connectivity index (χ4v) is 1.18. The van der Waals surface area contributed by atoms with Gasteiger partial charge in [-0.1, -0.05) is 0 Å². The lowest BCUT2D eigenvalue weighted by Gasteiger charge is -2.36. The van der Waals surface area contributed by atoms with Crippen LogP contribution in [0.4, 0.5) is 0 Å². The zero-order valence-electron chi connectivity index (χ0n) is 5.72. The molecule has 0 spiro atoms. The Morgan fingerprint density at radius 2 is 2.50 bits per heavy atom. The summed E-state index contributed by atoms with van der Waals surface area (Å²) in [6.07, 6.45) is 0.670. The molecule has 1 aliphatic heterocycles. The molecule has 0 amide bonds. The molecule has 4 heteroatoms. The van der Waals surface area contributed by atoms with E-state index in [1.807, 2.05) is 0 Å². The summed E-state index contributed by atoms with van der Waals surface area (Å²) in [6.45, 7) is 0.599. The standard InChI is InChI=1S/C6H9ClO3/c1-9-5(8)6(4-7)2-3-10-6/h2-4H2,1H3. The maximum absolute atomic E-state index is 10.9. The Morgan fingerprint density at radius 1 is 1.90 bits per heavy atom. The van der Waals surface area contributed by atoms with Gasteiger partial charge in [-0.05, 0) is 0 Å². The van der Waals surface area contributed by atoms with Crippen molar-refractivity contribution in [2.24, 2.45) is 0 Å². The highest BCUT2D eigenvalue weighted by atomic mass is 35.5. The molecule has 1 atom stereocenters. The molecule has 0 bridgehead atoms. The fraction of sp³-hybridized carbons (Fsp3) is 0.833. The van der Waals surface area contributed by atoms with Crippen molar-refractivity contribution in [3.05, 3.63) is 0 Å². The number of alkyl halides is 1. The van der Waals surface area contributed by atoms with Gasteiger partial charge in [-0.3, -0.25) is 0 Å². The van der Waals surface area contributed by atoms with Crippen molar-refractivity contribution in [2.75, 3.05) is 19.6 Å². The van der Waals surface area contributed by atoms with Gasteiger partial charge in [-0.15, -0.1) is 11.6 Å². The van der Waals surface area contributed by atoms with E-state index in [0.717, 1.165) is 0 Å². The van der Waals surface area contributed by atoms with Crippen molar-refractivity contribution in [1.29, 1.82) is 0 Å². The second-order valence-electron chi connectivity index (χ2n) is 2.22. The molecule has 1 heterocycles. The maximum atomic E-state index is 10.9. The molecule has 1 aliphatic rings. The molecular weight excluding hydrogens is 156 g/mol. The highest BCUT2D eigenvalue weighted by Crippen LogP contribution is 2.28. The van der Waals surface area contributed by atoms with E-state index in [1.54, 1.807) is 0 Å². The first kappa shape index (κ1) is 7.82. The van der Waals surface area contributed by atoms with Crippen molar-refractivity contribution in [2.45, 2.75) is 12.0 Å². The summed E-state index contributed by atoms with van der Waals surface area (Å²) >= 11 is 5.51. The van der Waals surface area contributed by atoms with Crippen LogP contribution in [0.3, 0.4) is 0 Å². The van der Waals surface area contributed by atoms with Crippen LogP contribution in [-0.4, -0.2) is 31.2 Å². The molecule has 58 valence electrons. The second-order valence-corrected chi connectivity index (χ2v) is 2.49. The molecule has 0 radical (unpaired) electrons. The molecule has 0 aromatic rings. The second kappa shape index (κ2) is 2.76.